The molecule has 0 rings (SSSR count). The standard InChI is InChI=1S/C4H12N.CH4N2O.H2O/c1-5(2,3)4;2-1(3)4;/h1-4H3;(H4,2,3,4);1H2/q+1;;/p-1. The van der Waals surface area contributed by atoms with Crippen molar-refractivity contribution < 1.29 is 14.8 Å². The highest BCUT2D eigenvalue weighted by Crippen LogP contribution is 1.73. The maximum atomic E-state index is 9.00. The predicted octanol–water partition coefficient (Wildman–Crippen LogP) is -0.831. The minimum absolute atomic E-state index is 0. The van der Waals surface area contributed by atoms with Crippen LogP contribution in [-0.4, -0.2) is 44.2 Å². The normalized spacial score (nSPS) is 8.40. The SMILES string of the molecule is C[N+](C)(C)C.NC(N)=O.[OH-]. The maximum absolute atomic E-state index is 9.00. The summed E-state index contributed by atoms with van der Waals surface area (Å²) in [6.07, 6.45) is 0. The second kappa shape index (κ2) is 6.31. The first kappa shape index (κ1) is 16.1. The van der Waals surface area contributed by atoms with E-state index in [0.717, 1.165) is 4.48 Å². The summed E-state index contributed by atoms with van der Waals surface area (Å²) >= 11 is 0. The zero-order valence-corrected chi connectivity index (χ0v) is 6.96. The molecule has 0 saturated heterocycles. The van der Waals surface area contributed by atoms with Crippen LogP contribution in [0.15, 0.2) is 0 Å². The highest BCUT2D eigenvalue weighted by Gasteiger charge is 1.88. The van der Waals surface area contributed by atoms with Gasteiger partial charge in [0, 0.05) is 0 Å². The van der Waals surface area contributed by atoms with E-state index in [2.05, 4.69) is 39.7 Å². The van der Waals surface area contributed by atoms with Gasteiger partial charge in [0.25, 0.3) is 0 Å². The Morgan fingerprint density at radius 2 is 1.10 bits per heavy atom. The number of carbonyl (C=O) groups excluding carboxylic acids is 1. The fraction of sp³-hybridized carbons (Fsp3) is 0.800. The van der Waals surface area contributed by atoms with Crippen molar-refractivity contribution >= 4 is 6.03 Å². The molecule has 0 heterocycles. The zero-order chi connectivity index (χ0) is 8.08. The van der Waals surface area contributed by atoms with Crippen molar-refractivity contribution in [2.24, 2.45) is 11.5 Å². The summed E-state index contributed by atoms with van der Waals surface area (Å²) < 4.78 is 1.00. The summed E-state index contributed by atoms with van der Waals surface area (Å²) in [7, 11) is 8.50. The fourth-order valence-corrected chi connectivity index (χ4v) is 0. The first-order valence-electron chi connectivity index (χ1n) is 2.57. The van der Waals surface area contributed by atoms with Crippen molar-refractivity contribution in [1.82, 2.24) is 0 Å². The Hall–Kier alpha value is -0.810. The molecule has 0 aliphatic carbocycles. The number of carbonyl (C=O) groups is 1. The molecule has 0 aromatic heterocycles. The van der Waals surface area contributed by atoms with Crippen LogP contribution < -0.4 is 11.5 Å². The van der Waals surface area contributed by atoms with E-state index in [1.807, 2.05) is 0 Å². The van der Waals surface area contributed by atoms with Crippen LogP contribution in [0.25, 0.3) is 0 Å². The molecule has 0 fully saturated rings. The molecule has 0 aliphatic rings. The second-order valence-corrected chi connectivity index (χ2v) is 3.09. The molecule has 2 amide bonds. The Kier molecular flexibility index (Phi) is 10.2. The number of hydrogen-bond acceptors (Lipinski definition) is 2. The van der Waals surface area contributed by atoms with Crippen molar-refractivity contribution in [2.45, 2.75) is 0 Å². The van der Waals surface area contributed by atoms with E-state index in [4.69, 9.17) is 4.79 Å². The predicted molar refractivity (Wildman–Crippen MR) is 39.7 cm³/mol. The van der Waals surface area contributed by atoms with Crippen molar-refractivity contribution in [3.05, 3.63) is 0 Å². The number of nitrogens with two attached hydrogens (primary N) is 2. The smallest absolute Gasteiger partial charge is 0.309 e. The fourth-order valence-electron chi connectivity index (χ4n) is 0. The molecule has 64 valence electrons. The van der Waals surface area contributed by atoms with Gasteiger partial charge in [-0.05, 0) is 0 Å². The molecule has 0 aromatic rings. The lowest BCUT2D eigenvalue weighted by Gasteiger charge is -2.14. The summed E-state index contributed by atoms with van der Waals surface area (Å²) in [5.41, 5.74) is 8.50. The molecule has 5 heteroatoms. The quantitative estimate of drug-likeness (QED) is 0.441. The first-order valence-corrected chi connectivity index (χ1v) is 2.57. The highest BCUT2D eigenvalue weighted by molar-refractivity contribution is 5.69. The zero-order valence-electron chi connectivity index (χ0n) is 6.96. The molecular weight excluding hydrogens is 134 g/mol. The van der Waals surface area contributed by atoms with Gasteiger partial charge in [-0.3, -0.25) is 0 Å². The molecule has 0 atom stereocenters. The molecule has 0 spiro atoms. The van der Waals surface area contributed by atoms with Gasteiger partial charge in [-0.15, -0.1) is 0 Å². The van der Waals surface area contributed by atoms with Crippen LogP contribution >= 0.6 is 0 Å². The van der Waals surface area contributed by atoms with Crippen LogP contribution in [0.1, 0.15) is 0 Å². The van der Waals surface area contributed by atoms with E-state index in [9.17, 15) is 0 Å². The number of primary amides is 2. The van der Waals surface area contributed by atoms with E-state index < -0.39 is 6.03 Å². The van der Waals surface area contributed by atoms with Gasteiger partial charge in [0.1, 0.15) is 0 Å². The summed E-state index contributed by atoms with van der Waals surface area (Å²) in [4.78, 5) is 9.00. The Morgan fingerprint density at radius 1 is 1.10 bits per heavy atom. The molecule has 5 N–H and O–H groups in total. The van der Waals surface area contributed by atoms with Crippen molar-refractivity contribution in [1.29, 1.82) is 0 Å². The van der Waals surface area contributed by atoms with Gasteiger partial charge in [-0.2, -0.15) is 0 Å². The Bertz CT molecular complexity index is 77.4. The van der Waals surface area contributed by atoms with Gasteiger partial charge < -0.3 is 21.4 Å². The van der Waals surface area contributed by atoms with Crippen LogP contribution in [0, 0.1) is 0 Å². The van der Waals surface area contributed by atoms with E-state index in [1.165, 1.54) is 0 Å². The Balaban J connectivity index is -0.0000000910. The lowest BCUT2D eigenvalue weighted by Crippen LogP contribution is -2.27. The van der Waals surface area contributed by atoms with Gasteiger partial charge in [-0.1, -0.05) is 0 Å². The second-order valence-electron chi connectivity index (χ2n) is 3.09. The average molecular weight is 151 g/mol. The highest BCUT2D eigenvalue weighted by atomic mass is 16.2. The first-order chi connectivity index (χ1) is 3.73. The van der Waals surface area contributed by atoms with Crippen LogP contribution in [0.5, 0.6) is 0 Å². The molecule has 10 heavy (non-hydrogen) atoms. The summed E-state index contributed by atoms with van der Waals surface area (Å²) in [5.74, 6) is 0. The molecule has 0 aromatic carbocycles. The van der Waals surface area contributed by atoms with Gasteiger partial charge in [0.2, 0.25) is 0 Å². The molecule has 0 aliphatic heterocycles. The topological polar surface area (TPSA) is 99.1 Å². The number of amides is 2. The van der Waals surface area contributed by atoms with Gasteiger partial charge in [0.15, 0.2) is 0 Å². The third-order valence-corrected chi connectivity index (χ3v) is 0. The minimum Gasteiger partial charge on any atom is -0.870 e. The Labute approximate surface area is 61.5 Å². The molecule has 0 saturated carbocycles. The van der Waals surface area contributed by atoms with Crippen LogP contribution in [0.2, 0.25) is 0 Å². The van der Waals surface area contributed by atoms with E-state index in [1.54, 1.807) is 0 Å². The van der Waals surface area contributed by atoms with E-state index in [-0.39, 0.29) is 5.48 Å². The number of quaternary nitrogens is 1. The van der Waals surface area contributed by atoms with Crippen LogP contribution in [0.3, 0.4) is 0 Å². The lowest BCUT2D eigenvalue weighted by atomic mass is 10.8. The van der Waals surface area contributed by atoms with Gasteiger partial charge >= 0.3 is 6.03 Å². The van der Waals surface area contributed by atoms with Gasteiger partial charge in [0.05, 0.1) is 28.2 Å². The van der Waals surface area contributed by atoms with E-state index >= 15 is 0 Å². The summed E-state index contributed by atoms with van der Waals surface area (Å²) in [6, 6.07) is -0.833. The van der Waals surface area contributed by atoms with Crippen molar-refractivity contribution in [2.75, 3.05) is 28.2 Å². The average Bonchev–Trinajstić information content (AvgIpc) is 1.19. The van der Waals surface area contributed by atoms with E-state index in [0.29, 0.717) is 0 Å². The summed E-state index contributed by atoms with van der Waals surface area (Å²) in [6.45, 7) is 0. The summed E-state index contributed by atoms with van der Waals surface area (Å²) in [5, 5.41) is 0. The van der Waals surface area contributed by atoms with Crippen molar-refractivity contribution in [3.8, 4) is 0 Å². The number of nitrogens with zero attached hydrogens (tertiary/aromatic N) is 1. The molecule has 0 radical (unpaired) electrons. The maximum Gasteiger partial charge on any atom is 0.309 e. The third-order valence-electron chi connectivity index (χ3n) is 0. The van der Waals surface area contributed by atoms with Crippen LogP contribution in [0.4, 0.5) is 4.79 Å². The van der Waals surface area contributed by atoms with Gasteiger partial charge in [-0.25, -0.2) is 4.79 Å². The number of hydrogen-bond donors (Lipinski definition) is 2. The minimum atomic E-state index is -0.833. The Morgan fingerprint density at radius 3 is 1.10 bits per heavy atom. The largest absolute Gasteiger partial charge is 0.870 e. The number of rotatable bonds is 0. The molecular formula is C5H17N3O2. The third kappa shape index (κ3) is 420. The van der Waals surface area contributed by atoms with Crippen LogP contribution in [-0.2, 0) is 0 Å². The number of urea groups is 1. The lowest BCUT2D eigenvalue weighted by molar-refractivity contribution is -0.849. The monoisotopic (exact) mass is 151 g/mol. The molecule has 5 nitrogen and oxygen atoms in total. The van der Waals surface area contributed by atoms with Crippen molar-refractivity contribution in [3.63, 3.8) is 0 Å². The molecule has 0 bridgehead atoms. The molecule has 0 unspecified atom stereocenters.